The van der Waals surface area contributed by atoms with Crippen molar-refractivity contribution in [2.45, 2.75) is 6.42 Å². The summed E-state index contributed by atoms with van der Waals surface area (Å²) in [5, 5.41) is 0. The van der Waals surface area contributed by atoms with E-state index in [1.54, 1.807) is 18.5 Å². The smallest absolute Gasteiger partial charge is 0.168 e. The second kappa shape index (κ2) is 4.45. The molecule has 0 unspecified atom stereocenters. The van der Waals surface area contributed by atoms with Crippen molar-refractivity contribution in [1.82, 2.24) is 4.98 Å². The van der Waals surface area contributed by atoms with E-state index in [1.165, 1.54) is 0 Å². The minimum Gasteiger partial charge on any atom is -0.367 e. The van der Waals surface area contributed by atoms with E-state index in [1.807, 2.05) is 24.3 Å². The molecule has 1 heterocycles. The highest BCUT2D eigenvalue weighted by Gasteiger charge is 2.06. The van der Waals surface area contributed by atoms with E-state index >= 15 is 0 Å². The number of rotatable bonds is 3. The first-order chi connectivity index (χ1) is 7.25. The van der Waals surface area contributed by atoms with Crippen LogP contribution in [0.25, 0.3) is 0 Å². The zero-order valence-electron chi connectivity index (χ0n) is 8.03. The molecule has 2 rings (SSSR count). The van der Waals surface area contributed by atoms with Gasteiger partial charge in [-0.2, -0.15) is 0 Å². The number of hydrogen-bond donors (Lipinski definition) is 1. The summed E-state index contributed by atoms with van der Waals surface area (Å²) >= 11 is 3.36. The summed E-state index contributed by atoms with van der Waals surface area (Å²) in [7, 11) is 0. The van der Waals surface area contributed by atoms with Crippen molar-refractivity contribution < 1.29 is 4.79 Å². The molecule has 0 spiro atoms. The molecule has 0 amide bonds. The summed E-state index contributed by atoms with van der Waals surface area (Å²) in [6, 6.07) is 9.59. The highest BCUT2D eigenvalue weighted by Crippen LogP contribution is 2.12. The number of aromatic amines is 1. The number of carbonyl (C=O) groups excluding carboxylic acids is 1. The molecule has 1 N–H and O–H groups in total. The lowest BCUT2D eigenvalue weighted by molar-refractivity contribution is 0.0993. The van der Waals surface area contributed by atoms with E-state index in [9.17, 15) is 4.79 Å². The fourth-order valence-electron chi connectivity index (χ4n) is 1.39. The van der Waals surface area contributed by atoms with Crippen molar-refractivity contribution >= 4 is 21.7 Å². The predicted molar refractivity (Wildman–Crippen MR) is 63.0 cm³/mol. The standard InChI is InChI=1S/C12H10BrNO/c13-11-3-1-9(2-4-11)7-12(15)10-5-6-14-8-10/h1-6,8,14H,7H2. The van der Waals surface area contributed by atoms with Crippen LogP contribution in [-0.4, -0.2) is 10.8 Å². The summed E-state index contributed by atoms with van der Waals surface area (Å²) in [6.45, 7) is 0. The topological polar surface area (TPSA) is 32.9 Å². The molecule has 2 aromatic rings. The van der Waals surface area contributed by atoms with Crippen LogP contribution >= 0.6 is 15.9 Å². The van der Waals surface area contributed by atoms with Gasteiger partial charge in [-0.25, -0.2) is 0 Å². The molecule has 15 heavy (non-hydrogen) atoms. The third-order valence-electron chi connectivity index (χ3n) is 2.20. The van der Waals surface area contributed by atoms with Crippen molar-refractivity contribution in [2.24, 2.45) is 0 Å². The van der Waals surface area contributed by atoms with Crippen LogP contribution in [0.3, 0.4) is 0 Å². The Morgan fingerprint density at radius 1 is 1.20 bits per heavy atom. The Labute approximate surface area is 96.5 Å². The first kappa shape index (κ1) is 10.2. The summed E-state index contributed by atoms with van der Waals surface area (Å²) in [5.41, 5.74) is 1.77. The Morgan fingerprint density at radius 3 is 2.53 bits per heavy atom. The number of aromatic nitrogens is 1. The SMILES string of the molecule is O=C(Cc1ccc(Br)cc1)c1cc[nH]c1. The third-order valence-corrected chi connectivity index (χ3v) is 2.73. The average Bonchev–Trinajstić information content (AvgIpc) is 2.74. The number of benzene rings is 1. The van der Waals surface area contributed by atoms with Crippen molar-refractivity contribution in [3.05, 3.63) is 58.3 Å². The maximum Gasteiger partial charge on any atom is 0.168 e. The molecular formula is C12H10BrNO. The Bertz CT molecular complexity index is 445. The third kappa shape index (κ3) is 2.57. The van der Waals surface area contributed by atoms with Crippen LogP contribution in [0.2, 0.25) is 0 Å². The van der Waals surface area contributed by atoms with Gasteiger partial charge in [-0.15, -0.1) is 0 Å². The van der Waals surface area contributed by atoms with Gasteiger partial charge in [0.1, 0.15) is 0 Å². The number of halogens is 1. The summed E-state index contributed by atoms with van der Waals surface area (Å²) in [5.74, 6) is 0.138. The second-order valence-electron chi connectivity index (χ2n) is 3.33. The molecule has 2 nitrogen and oxygen atoms in total. The molecule has 0 saturated carbocycles. The van der Waals surface area contributed by atoms with E-state index < -0.39 is 0 Å². The van der Waals surface area contributed by atoms with Crippen LogP contribution in [0.4, 0.5) is 0 Å². The number of ketones is 1. The number of nitrogens with one attached hydrogen (secondary N) is 1. The maximum atomic E-state index is 11.7. The zero-order valence-corrected chi connectivity index (χ0v) is 9.62. The van der Waals surface area contributed by atoms with Gasteiger partial charge in [0.25, 0.3) is 0 Å². The molecule has 0 fully saturated rings. The van der Waals surface area contributed by atoms with Crippen LogP contribution in [0.1, 0.15) is 15.9 Å². The lowest BCUT2D eigenvalue weighted by Gasteiger charge is -1.99. The van der Waals surface area contributed by atoms with Crippen LogP contribution < -0.4 is 0 Å². The summed E-state index contributed by atoms with van der Waals surface area (Å²) in [6.07, 6.45) is 3.93. The van der Waals surface area contributed by atoms with Gasteiger partial charge in [-0.3, -0.25) is 4.79 Å². The van der Waals surface area contributed by atoms with Crippen LogP contribution in [0.5, 0.6) is 0 Å². The molecule has 0 atom stereocenters. The number of Topliss-reactive ketones (excluding diaryl/α,β-unsaturated/α-hetero) is 1. The molecule has 0 saturated heterocycles. The van der Waals surface area contributed by atoms with Crippen LogP contribution in [0, 0.1) is 0 Å². The quantitative estimate of drug-likeness (QED) is 0.848. The molecule has 76 valence electrons. The van der Waals surface area contributed by atoms with E-state index in [2.05, 4.69) is 20.9 Å². The predicted octanol–water partition coefficient (Wildman–Crippen LogP) is 3.20. The lowest BCUT2D eigenvalue weighted by atomic mass is 10.1. The number of hydrogen-bond acceptors (Lipinski definition) is 1. The molecule has 1 aromatic carbocycles. The highest BCUT2D eigenvalue weighted by molar-refractivity contribution is 9.10. The van der Waals surface area contributed by atoms with Gasteiger partial charge in [0.15, 0.2) is 5.78 Å². The molecule has 3 heteroatoms. The highest BCUT2D eigenvalue weighted by atomic mass is 79.9. The fourth-order valence-corrected chi connectivity index (χ4v) is 1.65. The Balaban J connectivity index is 2.09. The van der Waals surface area contributed by atoms with Gasteiger partial charge in [0, 0.05) is 28.9 Å². The van der Waals surface area contributed by atoms with E-state index in [-0.39, 0.29) is 5.78 Å². The van der Waals surface area contributed by atoms with Gasteiger partial charge in [0.05, 0.1) is 0 Å². The molecule has 0 aliphatic rings. The summed E-state index contributed by atoms with van der Waals surface area (Å²) < 4.78 is 1.03. The molecular weight excluding hydrogens is 254 g/mol. The molecule has 0 aliphatic heterocycles. The van der Waals surface area contributed by atoms with Gasteiger partial charge in [0.2, 0.25) is 0 Å². The van der Waals surface area contributed by atoms with Crippen LogP contribution in [0.15, 0.2) is 47.2 Å². The maximum absolute atomic E-state index is 11.7. The minimum atomic E-state index is 0.138. The van der Waals surface area contributed by atoms with E-state index in [0.29, 0.717) is 6.42 Å². The van der Waals surface area contributed by atoms with Gasteiger partial charge in [-0.1, -0.05) is 28.1 Å². The van der Waals surface area contributed by atoms with E-state index in [4.69, 9.17) is 0 Å². The van der Waals surface area contributed by atoms with Crippen LogP contribution in [-0.2, 0) is 6.42 Å². The fraction of sp³-hybridized carbons (Fsp3) is 0.0833. The van der Waals surface area contributed by atoms with Gasteiger partial charge >= 0.3 is 0 Å². The molecule has 0 radical (unpaired) electrons. The van der Waals surface area contributed by atoms with Crippen molar-refractivity contribution in [1.29, 1.82) is 0 Å². The second-order valence-corrected chi connectivity index (χ2v) is 4.24. The Kier molecular flexibility index (Phi) is 3.02. The monoisotopic (exact) mass is 263 g/mol. The van der Waals surface area contributed by atoms with Gasteiger partial charge < -0.3 is 4.98 Å². The van der Waals surface area contributed by atoms with Crippen molar-refractivity contribution in [3.8, 4) is 0 Å². The van der Waals surface area contributed by atoms with Gasteiger partial charge in [-0.05, 0) is 23.8 Å². The van der Waals surface area contributed by atoms with Crippen molar-refractivity contribution in [2.75, 3.05) is 0 Å². The summed E-state index contributed by atoms with van der Waals surface area (Å²) in [4.78, 5) is 14.6. The van der Waals surface area contributed by atoms with E-state index in [0.717, 1.165) is 15.6 Å². The molecule has 0 bridgehead atoms. The first-order valence-electron chi connectivity index (χ1n) is 4.66. The zero-order chi connectivity index (χ0) is 10.7. The largest absolute Gasteiger partial charge is 0.367 e. The van der Waals surface area contributed by atoms with Crippen molar-refractivity contribution in [3.63, 3.8) is 0 Å². The molecule has 1 aromatic heterocycles. The first-order valence-corrected chi connectivity index (χ1v) is 5.45. The normalized spacial score (nSPS) is 10.2. The Morgan fingerprint density at radius 2 is 1.93 bits per heavy atom. The molecule has 0 aliphatic carbocycles. The number of carbonyl (C=O) groups is 1. The Hall–Kier alpha value is -1.35. The lowest BCUT2D eigenvalue weighted by Crippen LogP contribution is -2.01. The minimum absolute atomic E-state index is 0.138. The average molecular weight is 264 g/mol. The number of H-pyrrole nitrogens is 1.